The Labute approximate surface area is 109 Å². The van der Waals surface area contributed by atoms with Crippen molar-refractivity contribution in [2.24, 2.45) is 0 Å². The summed E-state index contributed by atoms with van der Waals surface area (Å²) in [6.45, 7) is 6.07. The smallest absolute Gasteiger partial charge is 0.177 e. The van der Waals surface area contributed by atoms with Crippen LogP contribution in [-0.2, 0) is 4.74 Å². The standard InChI is InChI=1S/C15H21NO2/c1-11-4-5-14(12(2)8-11)15(17)9-16(3)13-6-7-18-10-13/h4-5,8,13H,6-7,9-10H2,1-3H3. The van der Waals surface area contributed by atoms with Crippen LogP contribution in [0.4, 0.5) is 0 Å². The van der Waals surface area contributed by atoms with Gasteiger partial charge in [0.05, 0.1) is 13.2 Å². The zero-order valence-electron chi connectivity index (χ0n) is 11.4. The van der Waals surface area contributed by atoms with Crippen molar-refractivity contribution >= 4 is 5.78 Å². The van der Waals surface area contributed by atoms with Crippen molar-refractivity contribution in [1.29, 1.82) is 0 Å². The summed E-state index contributed by atoms with van der Waals surface area (Å²) in [5.41, 5.74) is 3.10. The van der Waals surface area contributed by atoms with E-state index >= 15 is 0 Å². The Hall–Kier alpha value is -1.19. The lowest BCUT2D eigenvalue weighted by molar-refractivity contribution is 0.0906. The summed E-state index contributed by atoms with van der Waals surface area (Å²) < 4.78 is 5.35. The minimum atomic E-state index is 0.196. The highest BCUT2D eigenvalue weighted by atomic mass is 16.5. The van der Waals surface area contributed by atoms with Crippen molar-refractivity contribution in [3.63, 3.8) is 0 Å². The van der Waals surface area contributed by atoms with Gasteiger partial charge in [-0.2, -0.15) is 0 Å². The molecule has 1 heterocycles. The molecule has 0 N–H and O–H groups in total. The first-order chi connectivity index (χ1) is 8.58. The molecule has 1 aromatic carbocycles. The second-order valence-electron chi connectivity index (χ2n) is 5.17. The van der Waals surface area contributed by atoms with E-state index in [4.69, 9.17) is 4.74 Å². The quantitative estimate of drug-likeness (QED) is 0.764. The average molecular weight is 247 g/mol. The topological polar surface area (TPSA) is 29.5 Å². The third-order valence-corrected chi connectivity index (χ3v) is 3.60. The van der Waals surface area contributed by atoms with Crippen molar-refractivity contribution in [2.75, 3.05) is 26.8 Å². The molecular weight excluding hydrogens is 226 g/mol. The van der Waals surface area contributed by atoms with E-state index < -0.39 is 0 Å². The summed E-state index contributed by atoms with van der Waals surface area (Å²) in [6.07, 6.45) is 1.02. The van der Waals surface area contributed by atoms with Gasteiger partial charge in [-0.05, 0) is 32.9 Å². The summed E-state index contributed by atoms with van der Waals surface area (Å²) in [6, 6.07) is 6.39. The lowest BCUT2D eigenvalue weighted by Crippen LogP contribution is -2.36. The zero-order chi connectivity index (χ0) is 13.1. The second-order valence-corrected chi connectivity index (χ2v) is 5.17. The Morgan fingerprint density at radius 3 is 2.83 bits per heavy atom. The Bertz CT molecular complexity index is 436. The normalized spacial score (nSPS) is 19.4. The SMILES string of the molecule is Cc1ccc(C(=O)CN(C)C2CCOC2)c(C)c1. The zero-order valence-corrected chi connectivity index (χ0v) is 11.4. The molecule has 3 heteroatoms. The molecule has 0 amide bonds. The van der Waals surface area contributed by atoms with E-state index in [1.807, 2.05) is 33.0 Å². The van der Waals surface area contributed by atoms with Crippen LogP contribution in [0.25, 0.3) is 0 Å². The number of likely N-dealkylation sites (N-methyl/N-ethyl adjacent to an activating group) is 1. The number of aryl methyl sites for hydroxylation is 2. The molecule has 1 aliphatic rings. The fourth-order valence-electron chi connectivity index (χ4n) is 2.44. The van der Waals surface area contributed by atoms with Crippen LogP contribution in [-0.4, -0.2) is 43.5 Å². The van der Waals surface area contributed by atoms with E-state index in [2.05, 4.69) is 11.0 Å². The molecule has 1 aromatic rings. The molecule has 3 nitrogen and oxygen atoms in total. The molecule has 1 unspecified atom stereocenters. The van der Waals surface area contributed by atoms with Gasteiger partial charge in [-0.15, -0.1) is 0 Å². The van der Waals surface area contributed by atoms with Gasteiger partial charge in [0.25, 0.3) is 0 Å². The third kappa shape index (κ3) is 2.98. The van der Waals surface area contributed by atoms with Gasteiger partial charge < -0.3 is 4.74 Å². The maximum absolute atomic E-state index is 12.3. The van der Waals surface area contributed by atoms with Crippen LogP contribution in [0.1, 0.15) is 27.9 Å². The fraction of sp³-hybridized carbons (Fsp3) is 0.533. The van der Waals surface area contributed by atoms with Crippen molar-refractivity contribution in [3.8, 4) is 0 Å². The Morgan fingerprint density at radius 1 is 1.44 bits per heavy atom. The number of nitrogens with zero attached hydrogens (tertiary/aromatic N) is 1. The van der Waals surface area contributed by atoms with Crippen molar-refractivity contribution in [3.05, 3.63) is 34.9 Å². The molecule has 98 valence electrons. The largest absolute Gasteiger partial charge is 0.380 e. The summed E-state index contributed by atoms with van der Waals surface area (Å²) in [5, 5.41) is 0. The minimum absolute atomic E-state index is 0.196. The van der Waals surface area contributed by atoms with Crippen molar-refractivity contribution in [2.45, 2.75) is 26.3 Å². The number of rotatable bonds is 4. The number of Topliss-reactive ketones (excluding diaryl/α,β-unsaturated/α-hetero) is 1. The second kappa shape index (κ2) is 5.63. The number of carbonyl (C=O) groups excluding carboxylic acids is 1. The molecule has 1 atom stereocenters. The molecule has 1 saturated heterocycles. The van der Waals surface area contributed by atoms with Crippen LogP contribution in [0.5, 0.6) is 0 Å². The molecule has 0 bridgehead atoms. The van der Waals surface area contributed by atoms with Crippen LogP contribution < -0.4 is 0 Å². The monoisotopic (exact) mass is 247 g/mol. The molecule has 0 radical (unpaired) electrons. The predicted octanol–water partition coefficient (Wildman–Crippen LogP) is 2.21. The molecule has 2 rings (SSSR count). The van der Waals surface area contributed by atoms with Gasteiger partial charge in [0.1, 0.15) is 0 Å². The molecule has 18 heavy (non-hydrogen) atoms. The summed E-state index contributed by atoms with van der Waals surface area (Å²) in [5.74, 6) is 0.196. The lowest BCUT2D eigenvalue weighted by atomic mass is 10.0. The maximum Gasteiger partial charge on any atom is 0.177 e. The van der Waals surface area contributed by atoms with Gasteiger partial charge in [-0.25, -0.2) is 0 Å². The Kier molecular flexibility index (Phi) is 4.15. The third-order valence-electron chi connectivity index (χ3n) is 3.60. The number of hydrogen-bond donors (Lipinski definition) is 0. The minimum Gasteiger partial charge on any atom is -0.380 e. The number of hydrogen-bond acceptors (Lipinski definition) is 3. The molecule has 0 spiro atoms. The van der Waals surface area contributed by atoms with Gasteiger partial charge in [-0.1, -0.05) is 23.8 Å². The Balaban J connectivity index is 2.02. The number of carbonyl (C=O) groups is 1. The first kappa shape index (κ1) is 13.2. The highest BCUT2D eigenvalue weighted by Crippen LogP contribution is 2.14. The van der Waals surface area contributed by atoms with Crippen LogP contribution in [0.2, 0.25) is 0 Å². The number of ketones is 1. The van der Waals surface area contributed by atoms with Crippen LogP contribution in [0.3, 0.4) is 0 Å². The summed E-state index contributed by atoms with van der Waals surface area (Å²) in [7, 11) is 2.00. The molecule has 1 aliphatic heterocycles. The first-order valence-corrected chi connectivity index (χ1v) is 6.46. The van der Waals surface area contributed by atoms with E-state index in [0.717, 1.165) is 30.8 Å². The van der Waals surface area contributed by atoms with Crippen molar-refractivity contribution in [1.82, 2.24) is 4.90 Å². The number of benzene rings is 1. The van der Waals surface area contributed by atoms with E-state index in [1.165, 1.54) is 5.56 Å². The van der Waals surface area contributed by atoms with Crippen molar-refractivity contribution < 1.29 is 9.53 Å². The van der Waals surface area contributed by atoms with Crippen LogP contribution >= 0.6 is 0 Å². The highest BCUT2D eigenvalue weighted by molar-refractivity contribution is 5.98. The number of ether oxygens (including phenoxy) is 1. The van der Waals surface area contributed by atoms with E-state index in [0.29, 0.717) is 12.6 Å². The fourth-order valence-corrected chi connectivity index (χ4v) is 2.44. The molecule has 0 saturated carbocycles. The maximum atomic E-state index is 12.3. The van der Waals surface area contributed by atoms with E-state index in [1.54, 1.807) is 0 Å². The lowest BCUT2D eigenvalue weighted by Gasteiger charge is -2.22. The first-order valence-electron chi connectivity index (χ1n) is 6.46. The van der Waals surface area contributed by atoms with Gasteiger partial charge in [0, 0.05) is 18.2 Å². The van der Waals surface area contributed by atoms with Crippen LogP contribution in [0, 0.1) is 13.8 Å². The van der Waals surface area contributed by atoms with E-state index in [-0.39, 0.29) is 5.78 Å². The molecule has 0 aliphatic carbocycles. The van der Waals surface area contributed by atoms with E-state index in [9.17, 15) is 4.79 Å². The predicted molar refractivity (Wildman–Crippen MR) is 72.1 cm³/mol. The van der Waals surface area contributed by atoms with Gasteiger partial charge in [0.15, 0.2) is 5.78 Å². The molecule has 1 fully saturated rings. The van der Waals surface area contributed by atoms with Crippen LogP contribution in [0.15, 0.2) is 18.2 Å². The average Bonchev–Trinajstić information content (AvgIpc) is 2.81. The molecule has 0 aromatic heterocycles. The van der Waals surface area contributed by atoms with Gasteiger partial charge in [0.2, 0.25) is 0 Å². The summed E-state index contributed by atoms with van der Waals surface area (Å²) >= 11 is 0. The van der Waals surface area contributed by atoms with Gasteiger partial charge in [-0.3, -0.25) is 9.69 Å². The Morgan fingerprint density at radius 2 is 2.22 bits per heavy atom. The highest BCUT2D eigenvalue weighted by Gasteiger charge is 2.22. The van der Waals surface area contributed by atoms with Gasteiger partial charge >= 0.3 is 0 Å². The summed E-state index contributed by atoms with van der Waals surface area (Å²) in [4.78, 5) is 14.4. The molecular formula is C15H21NO2.